The Morgan fingerprint density at radius 1 is 1.64 bits per heavy atom. The molecule has 0 amide bonds. The van der Waals surface area contributed by atoms with Crippen molar-refractivity contribution in [3.05, 3.63) is 0 Å². The lowest BCUT2D eigenvalue weighted by Crippen LogP contribution is -2.20. The molecule has 1 aliphatic heterocycles. The summed E-state index contributed by atoms with van der Waals surface area (Å²) in [6.07, 6.45) is 1.80. The average Bonchev–Trinajstić information content (AvgIpc) is 2.52. The highest BCUT2D eigenvalue weighted by Gasteiger charge is 2.24. The second kappa shape index (κ2) is 4.67. The lowest BCUT2D eigenvalue weighted by atomic mass is 9.90. The minimum absolute atomic E-state index is 0.141. The van der Waals surface area contributed by atoms with E-state index in [1.165, 1.54) is 0 Å². The van der Waals surface area contributed by atoms with Gasteiger partial charge in [0.05, 0.1) is 6.67 Å². The molecule has 1 rings (SSSR count). The molecule has 2 nitrogen and oxygen atoms in total. The summed E-state index contributed by atoms with van der Waals surface area (Å²) in [5.41, 5.74) is 5.37. The Kier molecular flexibility index (Phi) is 3.80. The molecule has 1 aliphatic rings. The normalized spacial score (nSPS) is 27.3. The van der Waals surface area contributed by atoms with E-state index in [4.69, 9.17) is 10.5 Å². The highest BCUT2D eigenvalue weighted by Crippen LogP contribution is 2.24. The molecular formula is C8H16FNO. The second-order valence-electron chi connectivity index (χ2n) is 3.12. The minimum atomic E-state index is -0.245. The van der Waals surface area contributed by atoms with Crippen molar-refractivity contribution in [2.24, 2.45) is 17.6 Å². The van der Waals surface area contributed by atoms with Crippen LogP contribution in [0.3, 0.4) is 0 Å². The largest absolute Gasteiger partial charge is 0.381 e. The van der Waals surface area contributed by atoms with Gasteiger partial charge in [0.15, 0.2) is 0 Å². The molecule has 0 saturated carbocycles. The Hall–Kier alpha value is -0.150. The Labute approximate surface area is 66.9 Å². The molecule has 1 heterocycles. The topological polar surface area (TPSA) is 35.2 Å². The van der Waals surface area contributed by atoms with Crippen molar-refractivity contribution in [1.29, 1.82) is 0 Å². The number of hydrogen-bond acceptors (Lipinski definition) is 2. The first-order chi connectivity index (χ1) is 5.38. The van der Waals surface area contributed by atoms with E-state index in [1.54, 1.807) is 0 Å². The number of nitrogens with two attached hydrogens (primary N) is 1. The average molecular weight is 161 g/mol. The maximum Gasteiger partial charge on any atom is 0.0926 e. The highest BCUT2D eigenvalue weighted by molar-refractivity contribution is 4.73. The van der Waals surface area contributed by atoms with Gasteiger partial charge in [0, 0.05) is 13.2 Å². The Balaban J connectivity index is 2.27. The molecule has 0 aliphatic carbocycles. The van der Waals surface area contributed by atoms with Crippen LogP contribution in [0.4, 0.5) is 4.39 Å². The van der Waals surface area contributed by atoms with Crippen molar-refractivity contribution in [2.45, 2.75) is 12.8 Å². The van der Waals surface area contributed by atoms with Gasteiger partial charge in [-0.1, -0.05) is 0 Å². The van der Waals surface area contributed by atoms with Gasteiger partial charge in [-0.3, -0.25) is 4.39 Å². The van der Waals surface area contributed by atoms with Crippen LogP contribution in [0.1, 0.15) is 12.8 Å². The van der Waals surface area contributed by atoms with Gasteiger partial charge < -0.3 is 10.5 Å². The van der Waals surface area contributed by atoms with E-state index in [9.17, 15) is 4.39 Å². The van der Waals surface area contributed by atoms with Gasteiger partial charge in [0.2, 0.25) is 0 Å². The zero-order chi connectivity index (χ0) is 8.10. The van der Waals surface area contributed by atoms with Crippen LogP contribution >= 0.6 is 0 Å². The summed E-state index contributed by atoms with van der Waals surface area (Å²) in [4.78, 5) is 0. The first-order valence-corrected chi connectivity index (χ1v) is 4.22. The summed E-state index contributed by atoms with van der Waals surface area (Å²) in [7, 11) is 0. The number of rotatable bonds is 4. The molecule has 0 spiro atoms. The predicted molar refractivity (Wildman–Crippen MR) is 42.1 cm³/mol. The first-order valence-electron chi connectivity index (χ1n) is 4.22. The fourth-order valence-corrected chi connectivity index (χ4v) is 1.58. The minimum Gasteiger partial charge on any atom is -0.381 e. The van der Waals surface area contributed by atoms with Crippen molar-refractivity contribution < 1.29 is 9.13 Å². The van der Waals surface area contributed by atoms with Crippen LogP contribution in [-0.2, 0) is 4.74 Å². The van der Waals surface area contributed by atoms with Crippen molar-refractivity contribution in [3.8, 4) is 0 Å². The molecule has 11 heavy (non-hydrogen) atoms. The van der Waals surface area contributed by atoms with E-state index in [0.29, 0.717) is 12.5 Å². The SMILES string of the molecule is NCCC(CF)C1CCOC1. The lowest BCUT2D eigenvalue weighted by Gasteiger charge is -2.17. The number of halogens is 1. The first kappa shape index (κ1) is 8.94. The van der Waals surface area contributed by atoms with E-state index in [0.717, 1.165) is 26.1 Å². The maximum absolute atomic E-state index is 12.4. The fourth-order valence-electron chi connectivity index (χ4n) is 1.58. The Bertz CT molecular complexity index is 104. The van der Waals surface area contributed by atoms with Gasteiger partial charge in [-0.15, -0.1) is 0 Å². The van der Waals surface area contributed by atoms with E-state index in [2.05, 4.69) is 0 Å². The molecule has 2 unspecified atom stereocenters. The fraction of sp³-hybridized carbons (Fsp3) is 1.00. The van der Waals surface area contributed by atoms with Gasteiger partial charge >= 0.3 is 0 Å². The predicted octanol–water partition coefficient (Wildman–Crippen LogP) is 0.957. The third-order valence-corrected chi connectivity index (χ3v) is 2.37. The van der Waals surface area contributed by atoms with Crippen LogP contribution in [-0.4, -0.2) is 26.4 Å². The second-order valence-corrected chi connectivity index (χ2v) is 3.12. The van der Waals surface area contributed by atoms with E-state index in [-0.39, 0.29) is 12.6 Å². The summed E-state index contributed by atoms with van der Waals surface area (Å²) >= 11 is 0. The third-order valence-electron chi connectivity index (χ3n) is 2.37. The maximum atomic E-state index is 12.4. The van der Waals surface area contributed by atoms with Crippen molar-refractivity contribution in [2.75, 3.05) is 26.4 Å². The summed E-state index contributed by atoms with van der Waals surface area (Å²) in [5, 5.41) is 0. The highest BCUT2D eigenvalue weighted by atomic mass is 19.1. The third kappa shape index (κ3) is 2.42. The van der Waals surface area contributed by atoms with Gasteiger partial charge in [-0.05, 0) is 31.2 Å². The van der Waals surface area contributed by atoms with Gasteiger partial charge in [-0.2, -0.15) is 0 Å². The number of ether oxygens (including phenoxy) is 1. The summed E-state index contributed by atoms with van der Waals surface area (Å²) < 4.78 is 17.6. The van der Waals surface area contributed by atoms with Crippen LogP contribution < -0.4 is 5.73 Å². The van der Waals surface area contributed by atoms with E-state index < -0.39 is 0 Å². The standard InChI is InChI=1S/C8H16FNO/c9-5-7(1-3-10)8-2-4-11-6-8/h7-8H,1-6,10H2. The van der Waals surface area contributed by atoms with Gasteiger partial charge in [0.1, 0.15) is 0 Å². The molecule has 1 fully saturated rings. The molecule has 0 aromatic heterocycles. The Morgan fingerprint density at radius 2 is 2.45 bits per heavy atom. The molecule has 2 N–H and O–H groups in total. The molecule has 1 saturated heterocycles. The van der Waals surface area contributed by atoms with E-state index >= 15 is 0 Å². The van der Waals surface area contributed by atoms with Gasteiger partial charge in [0.25, 0.3) is 0 Å². The van der Waals surface area contributed by atoms with Crippen LogP contribution in [0.25, 0.3) is 0 Å². The summed E-state index contributed by atoms with van der Waals surface area (Å²) in [6, 6.07) is 0. The van der Waals surface area contributed by atoms with Crippen LogP contribution in [0.5, 0.6) is 0 Å². The van der Waals surface area contributed by atoms with E-state index in [1.807, 2.05) is 0 Å². The number of alkyl halides is 1. The molecule has 2 atom stereocenters. The molecule has 0 aromatic rings. The smallest absolute Gasteiger partial charge is 0.0926 e. The monoisotopic (exact) mass is 161 g/mol. The summed E-state index contributed by atoms with van der Waals surface area (Å²) in [6.45, 7) is 1.87. The quantitative estimate of drug-likeness (QED) is 0.666. The van der Waals surface area contributed by atoms with Gasteiger partial charge in [-0.25, -0.2) is 0 Å². The van der Waals surface area contributed by atoms with Crippen LogP contribution in [0.2, 0.25) is 0 Å². The van der Waals surface area contributed by atoms with Crippen molar-refractivity contribution in [1.82, 2.24) is 0 Å². The molecule has 0 bridgehead atoms. The molecular weight excluding hydrogens is 145 g/mol. The van der Waals surface area contributed by atoms with Crippen LogP contribution in [0.15, 0.2) is 0 Å². The molecule has 0 aromatic carbocycles. The van der Waals surface area contributed by atoms with Crippen LogP contribution in [0, 0.1) is 11.8 Å². The molecule has 3 heteroatoms. The van der Waals surface area contributed by atoms with Crippen molar-refractivity contribution >= 4 is 0 Å². The molecule has 0 radical (unpaired) electrons. The Morgan fingerprint density at radius 3 is 2.91 bits per heavy atom. The molecule has 66 valence electrons. The summed E-state index contributed by atoms with van der Waals surface area (Å²) in [5.74, 6) is 0.561. The zero-order valence-electron chi connectivity index (χ0n) is 6.76. The van der Waals surface area contributed by atoms with Crippen molar-refractivity contribution in [3.63, 3.8) is 0 Å². The number of hydrogen-bond donors (Lipinski definition) is 1. The zero-order valence-corrected chi connectivity index (χ0v) is 6.76. The lowest BCUT2D eigenvalue weighted by molar-refractivity contribution is 0.161.